The van der Waals surface area contributed by atoms with Gasteiger partial charge in [0, 0.05) is 29.3 Å². The lowest BCUT2D eigenvalue weighted by Gasteiger charge is -2.15. The molecule has 0 unspecified atom stereocenters. The Hall–Kier alpha value is -4.00. The van der Waals surface area contributed by atoms with Crippen LogP contribution in [0.1, 0.15) is 41.6 Å². The van der Waals surface area contributed by atoms with Crippen molar-refractivity contribution in [3.8, 4) is 0 Å². The highest BCUT2D eigenvalue weighted by Crippen LogP contribution is 2.20. The molecule has 0 radical (unpaired) electrons. The molecule has 3 aromatic rings. The first-order valence-corrected chi connectivity index (χ1v) is 11.0. The van der Waals surface area contributed by atoms with Crippen LogP contribution in [-0.4, -0.2) is 35.4 Å². The maximum Gasteiger partial charge on any atom is 0.331 e. The van der Waals surface area contributed by atoms with E-state index in [0.29, 0.717) is 11.3 Å². The molecule has 7 heteroatoms. The second-order valence-electron chi connectivity index (χ2n) is 7.91. The molecule has 1 aliphatic carbocycles. The molecule has 168 valence electrons. The van der Waals surface area contributed by atoms with Crippen LogP contribution in [0.25, 0.3) is 17.0 Å². The van der Waals surface area contributed by atoms with Crippen LogP contribution in [0.4, 0.5) is 5.69 Å². The molecule has 2 N–H and O–H groups in total. The Morgan fingerprint density at radius 3 is 2.64 bits per heavy atom. The fourth-order valence-corrected chi connectivity index (χ4v) is 3.91. The van der Waals surface area contributed by atoms with Crippen molar-refractivity contribution >= 4 is 40.4 Å². The molecule has 4 rings (SSSR count). The maximum atomic E-state index is 12.6. The van der Waals surface area contributed by atoms with E-state index in [2.05, 4.69) is 15.6 Å². The predicted molar refractivity (Wildman–Crippen MR) is 127 cm³/mol. The molecule has 0 bridgehead atoms. The molecule has 7 nitrogen and oxygen atoms in total. The molecule has 0 spiro atoms. The van der Waals surface area contributed by atoms with Gasteiger partial charge in [0.05, 0.1) is 16.8 Å². The number of ether oxygens (including phenoxy) is 1. The summed E-state index contributed by atoms with van der Waals surface area (Å²) in [5, 5.41) is 6.63. The Morgan fingerprint density at radius 1 is 1.00 bits per heavy atom. The van der Waals surface area contributed by atoms with Crippen LogP contribution >= 0.6 is 0 Å². The van der Waals surface area contributed by atoms with Gasteiger partial charge in [0.1, 0.15) is 0 Å². The second kappa shape index (κ2) is 10.5. The third kappa shape index (κ3) is 5.83. The van der Waals surface area contributed by atoms with Gasteiger partial charge in [-0.05, 0) is 37.1 Å². The van der Waals surface area contributed by atoms with E-state index >= 15 is 0 Å². The van der Waals surface area contributed by atoms with Crippen molar-refractivity contribution < 1.29 is 19.1 Å². The third-order valence-corrected chi connectivity index (χ3v) is 5.54. The molecule has 1 aliphatic rings. The zero-order valence-electron chi connectivity index (χ0n) is 18.1. The van der Waals surface area contributed by atoms with Crippen molar-refractivity contribution in [3.05, 3.63) is 78.0 Å². The number of carbonyl (C=O) groups excluding carboxylic acids is 3. The van der Waals surface area contributed by atoms with Crippen molar-refractivity contribution in [2.45, 2.75) is 31.7 Å². The summed E-state index contributed by atoms with van der Waals surface area (Å²) < 4.78 is 5.06. The predicted octanol–water partition coefficient (Wildman–Crippen LogP) is 4.10. The number of nitrogens with zero attached hydrogens (tertiary/aromatic N) is 1. The monoisotopic (exact) mass is 443 g/mol. The Morgan fingerprint density at radius 2 is 1.79 bits per heavy atom. The zero-order chi connectivity index (χ0) is 23.0. The SMILES string of the molecule is O=C(COC(=O)C=Cc1cccc2cccnc12)Nc1ccccc1C(=O)NC1CCCC1. The highest BCUT2D eigenvalue weighted by Gasteiger charge is 2.20. The fourth-order valence-electron chi connectivity index (χ4n) is 3.91. The first kappa shape index (κ1) is 22.2. The molecular formula is C26H25N3O4. The van der Waals surface area contributed by atoms with Crippen LogP contribution in [0.15, 0.2) is 66.9 Å². The minimum Gasteiger partial charge on any atom is -0.452 e. The quantitative estimate of drug-likeness (QED) is 0.423. The standard InChI is InChI=1S/C26H25N3O4/c30-23(29-22-13-4-3-12-21(22)26(32)28-20-10-1-2-11-20)17-33-24(31)15-14-19-8-5-7-18-9-6-16-27-25(18)19/h3-9,12-16,20H,1-2,10-11,17H2,(H,28,32)(H,29,30). The Balaban J connectivity index is 1.32. The Bertz CT molecular complexity index is 1190. The lowest BCUT2D eigenvalue weighted by atomic mass is 10.1. The fraction of sp³-hybridized carbons (Fsp3) is 0.231. The van der Waals surface area contributed by atoms with E-state index in [9.17, 15) is 14.4 Å². The van der Waals surface area contributed by atoms with E-state index in [1.165, 1.54) is 6.08 Å². The average molecular weight is 444 g/mol. The Labute approximate surface area is 191 Å². The number of fused-ring (bicyclic) bond motifs is 1. The number of nitrogens with one attached hydrogen (secondary N) is 2. The van der Waals surface area contributed by atoms with Crippen molar-refractivity contribution in [2.75, 3.05) is 11.9 Å². The summed E-state index contributed by atoms with van der Waals surface area (Å²) in [6, 6.07) is 16.4. The number of benzene rings is 2. The van der Waals surface area contributed by atoms with Gasteiger partial charge in [0.2, 0.25) is 0 Å². The van der Waals surface area contributed by atoms with Crippen LogP contribution in [0.3, 0.4) is 0 Å². The Kier molecular flexibility index (Phi) is 7.09. The molecule has 0 saturated heterocycles. The van der Waals surface area contributed by atoms with E-state index < -0.39 is 18.5 Å². The topological polar surface area (TPSA) is 97.4 Å². The lowest BCUT2D eigenvalue weighted by molar-refractivity contribution is -0.142. The third-order valence-electron chi connectivity index (χ3n) is 5.54. The van der Waals surface area contributed by atoms with Crippen LogP contribution in [0.2, 0.25) is 0 Å². The summed E-state index contributed by atoms with van der Waals surface area (Å²) in [5.74, 6) is -1.39. The van der Waals surface area contributed by atoms with Crippen molar-refractivity contribution in [3.63, 3.8) is 0 Å². The number of aromatic nitrogens is 1. The van der Waals surface area contributed by atoms with Crippen molar-refractivity contribution in [1.29, 1.82) is 0 Å². The van der Waals surface area contributed by atoms with Crippen molar-refractivity contribution in [1.82, 2.24) is 10.3 Å². The summed E-state index contributed by atoms with van der Waals surface area (Å²) in [7, 11) is 0. The van der Waals surface area contributed by atoms with Gasteiger partial charge in [-0.25, -0.2) is 4.79 Å². The number of para-hydroxylation sites is 2. The van der Waals surface area contributed by atoms with Crippen LogP contribution < -0.4 is 10.6 Å². The minimum absolute atomic E-state index is 0.172. The number of hydrogen-bond donors (Lipinski definition) is 2. The van der Waals surface area contributed by atoms with Gasteiger partial charge in [-0.2, -0.15) is 0 Å². The molecule has 0 aliphatic heterocycles. The first-order chi connectivity index (χ1) is 16.1. The first-order valence-electron chi connectivity index (χ1n) is 11.0. The van der Waals surface area contributed by atoms with Crippen molar-refractivity contribution in [2.24, 2.45) is 0 Å². The number of rotatable bonds is 7. The van der Waals surface area contributed by atoms with Gasteiger partial charge in [-0.1, -0.05) is 49.2 Å². The summed E-state index contributed by atoms with van der Waals surface area (Å²) >= 11 is 0. The maximum absolute atomic E-state index is 12.6. The molecule has 1 saturated carbocycles. The molecular weight excluding hydrogens is 418 g/mol. The van der Waals surface area contributed by atoms with Gasteiger partial charge in [-0.15, -0.1) is 0 Å². The summed E-state index contributed by atoms with van der Waals surface area (Å²) in [4.78, 5) is 41.4. The number of carbonyl (C=O) groups is 3. The number of amides is 2. The van der Waals surface area contributed by atoms with Gasteiger partial charge in [-0.3, -0.25) is 14.6 Å². The van der Waals surface area contributed by atoms with E-state index in [1.54, 1.807) is 36.5 Å². The molecule has 0 atom stereocenters. The second-order valence-corrected chi connectivity index (χ2v) is 7.91. The average Bonchev–Trinajstić information content (AvgIpc) is 3.34. The number of hydrogen-bond acceptors (Lipinski definition) is 5. The van der Waals surface area contributed by atoms with Gasteiger partial charge in [0.25, 0.3) is 11.8 Å². The molecule has 33 heavy (non-hydrogen) atoms. The molecule has 1 fully saturated rings. The lowest BCUT2D eigenvalue weighted by Crippen LogP contribution is -2.33. The number of anilines is 1. The van der Waals surface area contributed by atoms with E-state index in [-0.39, 0.29) is 11.9 Å². The van der Waals surface area contributed by atoms with E-state index in [1.807, 2.05) is 30.3 Å². The van der Waals surface area contributed by atoms with Gasteiger partial charge >= 0.3 is 5.97 Å². The molecule has 2 amide bonds. The van der Waals surface area contributed by atoms with E-state index in [0.717, 1.165) is 42.1 Å². The highest BCUT2D eigenvalue weighted by molar-refractivity contribution is 6.04. The molecule has 1 aromatic heterocycles. The number of esters is 1. The van der Waals surface area contributed by atoms with Crippen LogP contribution in [0.5, 0.6) is 0 Å². The van der Waals surface area contributed by atoms with Crippen LogP contribution in [0, 0.1) is 0 Å². The normalized spacial score (nSPS) is 13.8. The summed E-state index contributed by atoms with van der Waals surface area (Å²) in [6.07, 6.45) is 8.73. The highest BCUT2D eigenvalue weighted by atomic mass is 16.5. The number of pyridine rings is 1. The van der Waals surface area contributed by atoms with Crippen LogP contribution in [-0.2, 0) is 14.3 Å². The molecule has 1 heterocycles. The summed E-state index contributed by atoms with van der Waals surface area (Å²) in [5.41, 5.74) is 2.31. The van der Waals surface area contributed by atoms with Gasteiger partial charge in [0.15, 0.2) is 6.61 Å². The van der Waals surface area contributed by atoms with Gasteiger partial charge < -0.3 is 15.4 Å². The largest absolute Gasteiger partial charge is 0.452 e. The zero-order valence-corrected chi connectivity index (χ0v) is 18.1. The molecule has 2 aromatic carbocycles. The summed E-state index contributed by atoms with van der Waals surface area (Å²) in [6.45, 7) is -0.463. The van der Waals surface area contributed by atoms with E-state index in [4.69, 9.17) is 4.74 Å². The smallest absolute Gasteiger partial charge is 0.331 e. The minimum atomic E-state index is -0.648.